The van der Waals surface area contributed by atoms with Crippen molar-refractivity contribution in [2.75, 3.05) is 13.1 Å². The smallest absolute Gasteiger partial charge is 0.230 e. The summed E-state index contributed by atoms with van der Waals surface area (Å²) in [5.74, 6) is 1.22. The van der Waals surface area contributed by atoms with E-state index in [9.17, 15) is 5.11 Å². The lowest BCUT2D eigenvalue weighted by Crippen LogP contribution is -2.21. The van der Waals surface area contributed by atoms with Crippen molar-refractivity contribution in [1.29, 1.82) is 0 Å². The number of hydrogen-bond donors (Lipinski definition) is 1. The van der Waals surface area contributed by atoms with E-state index in [0.29, 0.717) is 24.9 Å². The molecular formula is C8H13N3O2. The van der Waals surface area contributed by atoms with Gasteiger partial charge in [-0.3, -0.25) is 4.90 Å². The van der Waals surface area contributed by atoms with E-state index in [0.717, 1.165) is 13.0 Å². The van der Waals surface area contributed by atoms with Crippen LogP contribution >= 0.6 is 0 Å². The Balaban J connectivity index is 1.91. The molecule has 2 heterocycles. The molecule has 0 bridgehead atoms. The van der Waals surface area contributed by atoms with Crippen molar-refractivity contribution in [3.8, 4) is 0 Å². The first-order valence-electron chi connectivity index (χ1n) is 4.43. The fraction of sp³-hybridized carbons (Fsp3) is 0.750. The van der Waals surface area contributed by atoms with Crippen LogP contribution in [-0.2, 0) is 6.54 Å². The molecule has 0 amide bonds. The molecule has 1 aliphatic rings. The van der Waals surface area contributed by atoms with Crippen LogP contribution in [0.25, 0.3) is 0 Å². The van der Waals surface area contributed by atoms with Crippen molar-refractivity contribution in [2.24, 2.45) is 0 Å². The van der Waals surface area contributed by atoms with Crippen LogP contribution in [0.2, 0.25) is 0 Å². The molecule has 1 fully saturated rings. The zero-order valence-electron chi connectivity index (χ0n) is 7.60. The molecule has 5 heteroatoms. The first kappa shape index (κ1) is 8.65. The van der Waals surface area contributed by atoms with Crippen molar-refractivity contribution in [1.82, 2.24) is 15.1 Å². The summed E-state index contributed by atoms with van der Waals surface area (Å²) < 4.78 is 5.24. The summed E-state index contributed by atoms with van der Waals surface area (Å²) in [6.45, 7) is 4.04. The molecule has 0 aromatic carbocycles. The van der Waals surface area contributed by atoms with Gasteiger partial charge in [0.05, 0.1) is 12.6 Å². The third kappa shape index (κ3) is 2.05. The second kappa shape index (κ2) is 3.43. The first-order valence-corrected chi connectivity index (χ1v) is 4.43. The lowest BCUT2D eigenvalue weighted by molar-refractivity contribution is 0.171. The fourth-order valence-electron chi connectivity index (χ4n) is 1.55. The van der Waals surface area contributed by atoms with Crippen LogP contribution in [0.5, 0.6) is 0 Å². The van der Waals surface area contributed by atoms with Gasteiger partial charge in [0.25, 0.3) is 0 Å². The molecule has 2 rings (SSSR count). The number of aryl methyl sites for hydroxylation is 1. The predicted molar refractivity (Wildman–Crippen MR) is 44.9 cm³/mol. The average molecular weight is 183 g/mol. The monoisotopic (exact) mass is 183 g/mol. The molecule has 72 valence electrons. The fourth-order valence-corrected chi connectivity index (χ4v) is 1.55. The molecule has 13 heavy (non-hydrogen) atoms. The number of hydrogen-bond acceptors (Lipinski definition) is 5. The number of aromatic nitrogens is 2. The highest BCUT2D eigenvalue weighted by Crippen LogP contribution is 2.12. The Kier molecular flexibility index (Phi) is 2.28. The van der Waals surface area contributed by atoms with Crippen molar-refractivity contribution >= 4 is 0 Å². The van der Waals surface area contributed by atoms with Crippen LogP contribution < -0.4 is 0 Å². The minimum absolute atomic E-state index is 0.191. The Labute approximate surface area is 76.4 Å². The van der Waals surface area contributed by atoms with Gasteiger partial charge in [0, 0.05) is 20.0 Å². The molecule has 0 radical (unpaired) electrons. The van der Waals surface area contributed by atoms with Gasteiger partial charge in [-0.15, -0.1) is 10.2 Å². The molecule has 1 aromatic heterocycles. The van der Waals surface area contributed by atoms with Gasteiger partial charge in [-0.2, -0.15) is 0 Å². The molecule has 0 spiro atoms. The molecule has 5 nitrogen and oxygen atoms in total. The first-order chi connectivity index (χ1) is 6.24. The standard InChI is InChI=1S/C8H13N3O2/c1-6-9-10-8(13-6)5-11-3-2-7(12)4-11/h7,12H,2-5H2,1H3/t7-/m1/s1. The third-order valence-corrected chi connectivity index (χ3v) is 2.17. The Morgan fingerprint density at radius 1 is 1.62 bits per heavy atom. The van der Waals surface area contributed by atoms with E-state index in [1.807, 2.05) is 0 Å². The van der Waals surface area contributed by atoms with Crippen molar-refractivity contribution in [2.45, 2.75) is 26.0 Å². The summed E-state index contributed by atoms with van der Waals surface area (Å²) in [4.78, 5) is 2.11. The van der Waals surface area contributed by atoms with Crippen LogP contribution in [0.4, 0.5) is 0 Å². The maximum atomic E-state index is 9.27. The summed E-state index contributed by atoms with van der Waals surface area (Å²) in [6, 6.07) is 0. The van der Waals surface area contributed by atoms with Gasteiger partial charge >= 0.3 is 0 Å². The third-order valence-electron chi connectivity index (χ3n) is 2.17. The highest BCUT2D eigenvalue weighted by atomic mass is 16.4. The Hall–Kier alpha value is -0.940. The lowest BCUT2D eigenvalue weighted by Gasteiger charge is -2.10. The molecule has 0 aliphatic carbocycles. The number of nitrogens with zero attached hydrogens (tertiary/aromatic N) is 3. The van der Waals surface area contributed by atoms with Crippen LogP contribution in [0.3, 0.4) is 0 Å². The number of rotatable bonds is 2. The molecule has 0 unspecified atom stereocenters. The second-order valence-electron chi connectivity index (χ2n) is 3.39. The van der Waals surface area contributed by atoms with Gasteiger partial charge in [0.1, 0.15) is 0 Å². The maximum Gasteiger partial charge on any atom is 0.230 e. The van der Waals surface area contributed by atoms with Gasteiger partial charge in [0.15, 0.2) is 0 Å². The summed E-state index contributed by atoms with van der Waals surface area (Å²) in [5, 5.41) is 16.9. The van der Waals surface area contributed by atoms with E-state index < -0.39 is 0 Å². The lowest BCUT2D eigenvalue weighted by atomic mass is 10.3. The summed E-state index contributed by atoms with van der Waals surface area (Å²) >= 11 is 0. The van der Waals surface area contributed by atoms with E-state index in [1.54, 1.807) is 6.92 Å². The topological polar surface area (TPSA) is 62.4 Å². The van der Waals surface area contributed by atoms with Gasteiger partial charge in [-0.25, -0.2) is 0 Å². The molecule has 1 saturated heterocycles. The second-order valence-corrected chi connectivity index (χ2v) is 3.39. The molecule has 0 saturated carbocycles. The normalized spacial score (nSPS) is 24.0. The number of aliphatic hydroxyl groups excluding tert-OH is 1. The number of aliphatic hydroxyl groups is 1. The highest BCUT2D eigenvalue weighted by Gasteiger charge is 2.21. The molecule has 1 aromatic rings. The summed E-state index contributed by atoms with van der Waals surface area (Å²) in [5.41, 5.74) is 0. The molecule has 1 atom stereocenters. The van der Waals surface area contributed by atoms with Crippen molar-refractivity contribution < 1.29 is 9.52 Å². The van der Waals surface area contributed by atoms with Gasteiger partial charge in [-0.1, -0.05) is 0 Å². The quantitative estimate of drug-likeness (QED) is 0.696. The number of likely N-dealkylation sites (tertiary alicyclic amines) is 1. The zero-order valence-corrected chi connectivity index (χ0v) is 7.60. The van der Waals surface area contributed by atoms with E-state index in [-0.39, 0.29) is 6.10 Å². The molecular weight excluding hydrogens is 170 g/mol. The van der Waals surface area contributed by atoms with Gasteiger partial charge < -0.3 is 9.52 Å². The minimum atomic E-state index is -0.191. The van der Waals surface area contributed by atoms with Crippen molar-refractivity contribution in [3.05, 3.63) is 11.8 Å². The van der Waals surface area contributed by atoms with Gasteiger partial charge in [0.2, 0.25) is 11.8 Å². The summed E-state index contributed by atoms with van der Waals surface area (Å²) in [6.07, 6.45) is 0.650. The predicted octanol–water partition coefficient (Wildman–Crippen LogP) is -0.0554. The number of β-amino-alcohol motifs (C(OH)–C–C–N with tert-alkyl or cyclic N) is 1. The van der Waals surface area contributed by atoms with Crippen LogP contribution in [0, 0.1) is 6.92 Å². The minimum Gasteiger partial charge on any atom is -0.424 e. The van der Waals surface area contributed by atoms with Crippen LogP contribution in [-0.4, -0.2) is 39.4 Å². The Bertz CT molecular complexity index is 287. The van der Waals surface area contributed by atoms with E-state index in [2.05, 4.69) is 15.1 Å². The summed E-state index contributed by atoms with van der Waals surface area (Å²) in [7, 11) is 0. The average Bonchev–Trinajstić information content (AvgIpc) is 2.62. The van der Waals surface area contributed by atoms with E-state index in [4.69, 9.17) is 4.42 Å². The van der Waals surface area contributed by atoms with Crippen molar-refractivity contribution in [3.63, 3.8) is 0 Å². The van der Waals surface area contributed by atoms with E-state index >= 15 is 0 Å². The SMILES string of the molecule is Cc1nnc(CN2CC[C@@H](O)C2)o1. The molecule has 1 N–H and O–H groups in total. The van der Waals surface area contributed by atoms with Crippen LogP contribution in [0.15, 0.2) is 4.42 Å². The zero-order chi connectivity index (χ0) is 9.26. The Morgan fingerprint density at radius 2 is 2.46 bits per heavy atom. The maximum absolute atomic E-state index is 9.27. The molecule has 1 aliphatic heterocycles. The van der Waals surface area contributed by atoms with E-state index in [1.165, 1.54) is 0 Å². The largest absolute Gasteiger partial charge is 0.424 e. The Morgan fingerprint density at radius 3 is 3.00 bits per heavy atom. The van der Waals surface area contributed by atoms with Gasteiger partial charge in [-0.05, 0) is 6.42 Å². The van der Waals surface area contributed by atoms with Crippen LogP contribution in [0.1, 0.15) is 18.2 Å². The highest BCUT2D eigenvalue weighted by molar-refractivity contribution is 4.82.